The lowest BCUT2D eigenvalue weighted by atomic mass is 9.91. The van der Waals surface area contributed by atoms with Gasteiger partial charge in [0.15, 0.2) is 11.5 Å². The van der Waals surface area contributed by atoms with Crippen LogP contribution in [0.3, 0.4) is 0 Å². The largest absolute Gasteiger partial charge is 0.470 e. The molecule has 2 aromatic rings. The quantitative estimate of drug-likeness (QED) is 0.421. The SMILES string of the molecule is CCOC(=O)N1CCN(C(=O)C(CNC(=O)OC)NC(=O)c2cc(OCC(=O)C(C)(C)C)n(-c3ccccc3)n2)CC1. The number of amides is 4. The summed E-state index contributed by atoms with van der Waals surface area (Å²) >= 11 is 0. The zero-order valence-electron chi connectivity index (χ0n) is 24.5. The van der Waals surface area contributed by atoms with Gasteiger partial charge in [0.1, 0.15) is 12.6 Å². The van der Waals surface area contributed by atoms with Gasteiger partial charge < -0.3 is 34.6 Å². The van der Waals surface area contributed by atoms with Crippen LogP contribution in [0.5, 0.6) is 5.88 Å². The van der Waals surface area contributed by atoms with Crippen LogP contribution in [0.25, 0.3) is 5.69 Å². The van der Waals surface area contributed by atoms with Crippen LogP contribution in [0.1, 0.15) is 38.2 Å². The fourth-order valence-electron chi connectivity index (χ4n) is 3.92. The Morgan fingerprint density at radius 3 is 2.24 bits per heavy atom. The minimum atomic E-state index is -1.17. The van der Waals surface area contributed by atoms with E-state index >= 15 is 0 Å². The van der Waals surface area contributed by atoms with Crippen molar-refractivity contribution in [3.05, 3.63) is 42.1 Å². The van der Waals surface area contributed by atoms with Crippen LogP contribution in [-0.4, -0.2) is 108 Å². The Hall–Kier alpha value is -4.62. The number of Topliss-reactive ketones (excluding diaryl/α,β-unsaturated/α-hetero) is 1. The number of ether oxygens (including phenoxy) is 3. The first-order chi connectivity index (χ1) is 19.9. The molecule has 1 aromatic heterocycles. The molecule has 1 atom stereocenters. The van der Waals surface area contributed by atoms with E-state index in [0.717, 1.165) is 0 Å². The summed E-state index contributed by atoms with van der Waals surface area (Å²) in [6.45, 7) is 7.75. The van der Waals surface area contributed by atoms with E-state index in [-0.39, 0.29) is 63.3 Å². The van der Waals surface area contributed by atoms with Gasteiger partial charge in [-0.2, -0.15) is 5.10 Å². The zero-order valence-corrected chi connectivity index (χ0v) is 24.5. The fraction of sp³-hybridized carbons (Fsp3) is 0.500. The molecule has 0 spiro atoms. The number of para-hydroxylation sites is 1. The predicted octanol–water partition coefficient (Wildman–Crippen LogP) is 1.62. The molecule has 4 amide bonds. The van der Waals surface area contributed by atoms with E-state index in [2.05, 4.69) is 20.5 Å². The molecule has 0 bridgehead atoms. The standard InChI is InChI=1S/C28H38N6O8/c1-6-41-27(39)33-14-12-32(13-15-33)25(37)21(17-29-26(38)40-5)30-24(36)20-16-23(42-18-22(35)28(2,3)4)34(31-20)19-10-8-7-9-11-19/h7-11,16,21H,6,12-15,17-18H2,1-5H3,(H,29,38)(H,30,36). The van der Waals surface area contributed by atoms with Crippen LogP contribution in [0.2, 0.25) is 0 Å². The molecule has 0 saturated carbocycles. The maximum absolute atomic E-state index is 13.4. The summed E-state index contributed by atoms with van der Waals surface area (Å²) < 4.78 is 16.8. The average Bonchev–Trinajstić information content (AvgIpc) is 3.42. The van der Waals surface area contributed by atoms with E-state index in [1.165, 1.54) is 27.7 Å². The summed E-state index contributed by atoms with van der Waals surface area (Å²) in [6, 6.07) is 9.13. The number of carbonyl (C=O) groups excluding carboxylic acids is 5. The average molecular weight is 587 g/mol. The number of aromatic nitrogens is 2. The molecule has 0 aliphatic carbocycles. The van der Waals surface area contributed by atoms with E-state index < -0.39 is 35.5 Å². The normalized spacial score (nSPS) is 14.0. The van der Waals surface area contributed by atoms with Crippen molar-refractivity contribution in [2.45, 2.75) is 33.7 Å². The van der Waals surface area contributed by atoms with E-state index in [1.54, 1.807) is 52.0 Å². The summed E-state index contributed by atoms with van der Waals surface area (Å²) in [6.07, 6.45) is -1.24. The monoisotopic (exact) mass is 586 g/mol. The van der Waals surface area contributed by atoms with Crippen molar-refractivity contribution in [1.29, 1.82) is 0 Å². The molecule has 14 heteroatoms. The molecule has 1 aromatic carbocycles. The van der Waals surface area contributed by atoms with Gasteiger partial charge in [-0.3, -0.25) is 14.4 Å². The van der Waals surface area contributed by atoms with Gasteiger partial charge in [-0.25, -0.2) is 14.3 Å². The molecule has 2 heterocycles. The molecule has 228 valence electrons. The highest BCUT2D eigenvalue weighted by Crippen LogP contribution is 2.22. The summed E-state index contributed by atoms with van der Waals surface area (Å²) in [5.74, 6) is -1.14. The van der Waals surface area contributed by atoms with Crippen LogP contribution in [0.15, 0.2) is 36.4 Å². The second-order valence-corrected chi connectivity index (χ2v) is 10.5. The number of ketones is 1. The number of nitrogens with one attached hydrogen (secondary N) is 2. The fourth-order valence-corrected chi connectivity index (χ4v) is 3.92. The molecule has 1 aliphatic heterocycles. The van der Waals surface area contributed by atoms with Crippen molar-refractivity contribution in [2.24, 2.45) is 5.41 Å². The predicted molar refractivity (Wildman–Crippen MR) is 150 cm³/mol. The second-order valence-electron chi connectivity index (χ2n) is 10.5. The van der Waals surface area contributed by atoms with Crippen LogP contribution in [0, 0.1) is 5.41 Å². The summed E-state index contributed by atoms with van der Waals surface area (Å²) in [4.78, 5) is 66.1. The first-order valence-corrected chi connectivity index (χ1v) is 13.6. The van der Waals surface area contributed by atoms with Gasteiger partial charge in [-0.05, 0) is 19.1 Å². The van der Waals surface area contributed by atoms with Crippen LogP contribution >= 0.6 is 0 Å². The molecule has 14 nitrogen and oxygen atoms in total. The summed E-state index contributed by atoms with van der Waals surface area (Å²) in [5, 5.41) is 9.46. The minimum Gasteiger partial charge on any atom is -0.470 e. The van der Waals surface area contributed by atoms with Gasteiger partial charge in [0, 0.05) is 37.7 Å². The number of alkyl carbamates (subject to hydrolysis) is 1. The Morgan fingerprint density at radius 2 is 1.64 bits per heavy atom. The second kappa shape index (κ2) is 14.3. The highest BCUT2D eigenvalue weighted by Gasteiger charge is 2.32. The van der Waals surface area contributed by atoms with Crippen LogP contribution in [0.4, 0.5) is 9.59 Å². The molecule has 1 saturated heterocycles. The number of rotatable bonds is 10. The molecule has 0 radical (unpaired) electrons. The highest BCUT2D eigenvalue weighted by molar-refractivity contribution is 5.96. The van der Waals surface area contributed by atoms with Gasteiger partial charge in [-0.15, -0.1) is 0 Å². The van der Waals surface area contributed by atoms with E-state index in [1.807, 2.05) is 6.07 Å². The van der Waals surface area contributed by atoms with Crippen molar-refractivity contribution < 1.29 is 38.2 Å². The van der Waals surface area contributed by atoms with E-state index in [9.17, 15) is 24.0 Å². The first-order valence-electron chi connectivity index (χ1n) is 13.6. The van der Waals surface area contributed by atoms with Crippen molar-refractivity contribution in [3.8, 4) is 11.6 Å². The van der Waals surface area contributed by atoms with Gasteiger partial charge >= 0.3 is 12.2 Å². The molecule has 1 fully saturated rings. The van der Waals surface area contributed by atoms with Crippen molar-refractivity contribution in [1.82, 2.24) is 30.2 Å². The molecule has 3 rings (SSSR count). The Balaban J connectivity index is 1.80. The Kier molecular flexibility index (Phi) is 10.9. The third kappa shape index (κ3) is 8.44. The number of methoxy groups -OCH3 is 1. The number of benzene rings is 1. The molecule has 42 heavy (non-hydrogen) atoms. The minimum absolute atomic E-state index is 0.0694. The molecule has 1 unspecified atom stereocenters. The zero-order chi connectivity index (χ0) is 30.9. The number of hydrogen-bond acceptors (Lipinski definition) is 9. The molecular weight excluding hydrogens is 548 g/mol. The van der Waals surface area contributed by atoms with Crippen LogP contribution in [-0.2, 0) is 19.1 Å². The van der Waals surface area contributed by atoms with Gasteiger partial charge in [-0.1, -0.05) is 39.0 Å². The van der Waals surface area contributed by atoms with E-state index in [4.69, 9.17) is 9.47 Å². The highest BCUT2D eigenvalue weighted by atomic mass is 16.6. The van der Waals surface area contributed by atoms with Crippen molar-refractivity contribution in [2.75, 3.05) is 53.0 Å². The maximum Gasteiger partial charge on any atom is 0.409 e. The van der Waals surface area contributed by atoms with Crippen molar-refractivity contribution >= 4 is 29.8 Å². The molecule has 1 aliphatic rings. The number of nitrogens with zero attached hydrogens (tertiary/aromatic N) is 4. The van der Waals surface area contributed by atoms with Crippen LogP contribution < -0.4 is 15.4 Å². The maximum atomic E-state index is 13.4. The lowest BCUT2D eigenvalue weighted by Crippen LogP contribution is -2.58. The Labute approximate surface area is 244 Å². The van der Waals surface area contributed by atoms with E-state index in [0.29, 0.717) is 5.69 Å². The molecule has 2 N–H and O–H groups in total. The number of hydrogen-bond donors (Lipinski definition) is 2. The Morgan fingerprint density at radius 1 is 1.00 bits per heavy atom. The summed E-state index contributed by atoms with van der Waals surface area (Å²) in [7, 11) is 1.18. The first kappa shape index (κ1) is 31.9. The number of piperazine rings is 1. The van der Waals surface area contributed by atoms with Gasteiger partial charge in [0.2, 0.25) is 11.8 Å². The summed E-state index contributed by atoms with van der Waals surface area (Å²) in [5.41, 5.74) is -0.103. The van der Waals surface area contributed by atoms with Crippen molar-refractivity contribution in [3.63, 3.8) is 0 Å². The lowest BCUT2D eigenvalue weighted by molar-refractivity contribution is -0.134. The van der Waals surface area contributed by atoms with Gasteiger partial charge in [0.05, 0.1) is 25.9 Å². The third-order valence-corrected chi connectivity index (χ3v) is 6.45. The van der Waals surface area contributed by atoms with Gasteiger partial charge in [0.25, 0.3) is 5.91 Å². The molecular formula is C28H38N6O8. The number of carbonyl (C=O) groups is 5. The lowest BCUT2D eigenvalue weighted by Gasteiger charge is -2.35. The third-order valence-electron chi connectivity index (χ3n) is 6.45. The smallest absolute Gasteiger partial charge is 0.409 e. The Bertz CT molecular complexity index is 1260. The topological polar surface area (TPSA) is 161 Å².